The number of benzene rings is 2. The van der Waals surface area contributed by atoms with Gasteiger partial charge in [-0.05, 0) is 17.7 Å². The van der Waals surface area contributed by atoms with Crippen LogP contribution in [0.15, 0.2) is 18.2 Å². The van der Waals surface area contributed by atoms with Gasteiger partial charge in [0.2, 0.25) is 0 Å². The second-order valence-electron chi connectivity index (χ2n) is 3.89. The number of halogens is 7. The van der Waals surface area contributed by atoms with E-state index in [1.165, 1.54) is 12.1 Å². The lowest BCUT2D eigenvalue weighted by molar-refractivity contribution is 0.631. The van der Waals surface area contributed by atoms with E-state index in [1.807, 2.05) is 0 Å². The molecule has 2 aromatic rings. The van der Waals surface area contributed by atoms with Gasteiger partial charge in [0.25, 0.3) is 0 Å². The van der Waals surface area contributed by atoms with Crippen molar-refractivity contribution in [1.82, 2.24) is 0 Å². The molecule has 0 N–H and O–H groups in total. The van der Waals surface area contributed by atoms with Gasteiger partial charge in [0.15, 0.2) is 0 Å². The summed E-state index contributed by atoms with van der Waals surface area (Å²) in [5, 5.41) is 0.149. The zero-order chi connectivity index (χ0) is 15.0. The third-order valence-electron chi connectivity index (χ3n) is 2.66. The number of alkyl halides is 1. The lowest BCUT2D eigenvalue weighted by Crippen LogP contribution is -1.92. The average Bonchev–Trinajstić information content (AvgIpc) is 2.45. The first-order valence-corrected chi connectivity index (χ1v) is 7.67. The van der Waals surface area contributed by atoms with Gasteiger partial charge in [-0.3, -0.25) is 0 Å². The molecule has 0 heterocycles. The molecule has 106 valence electrons. The van der Waals surface area contributed by atoms with Crippen molar-refractivity contribution in [2.75, 3.05) is 0 Å². The molecule has 0 aliphatic carbocycles. The molecule has 0 amide bonds. The predicted molar refractivity (Wildman–Crippen MR) is 86.4 cm³/mol. The average molecular weight is 393 g/mol. The molecule has 0 aromatic heterocycles. The molecule has 0 radical (unpaired) electrons. The fourth-order valence-electron chi connectivity index (χ4n) is 1.69. The van der Waals surface area contributed by atoms with Gasteiger partial charge in [-0.2, -0.15) is 0 Å². The van der Waals surface area contributed by atoms with Gasteiger partial charge in [-0.25, -0.2) is 4.39 Å². The fraction of sp³-hybridized carbons (Fsp3) is 0.0769. The maximum atomic E-state index is 14.0. The van der Waals surface area contributed by atoms with Crippen molar-refractivity contribution in [3.8, 4) is 11.1 Å². The molecule has 2 aromatic carbocycles. The Balaban J connectivity index is 2.83. The Hall–Kier alpha value is 0.110. The SMILES string of the molecule is Fc1ccc(CCl)cc1-c1c(Cl)c(Cl)c(Cl)c(Cl)c1Cl. The Labute approximate surface area is 145 Å². The number of rotatable bonds is 2. The minimum atomic E-state index is -0.517. The van der Waals surface area contributed by atoms with E-state index in [1.54, 1.807) is 6.07 Å². The zero-order valence-corrected chi connectivity index (χ0v) is 14.1. The van der Waals surface area contributed by atoms with E-state index in [0.717, 1.165) is 0 Å². The lowest BCUT2D eigenvalue weighted by atomic mass is 10.0. The molecule has 0 unspecified atom stereocenters. The largest absolute Gasteiger partial charge is 0.206 e. The Morgan fingerprint density at radius 2 is 1.30 bits per heavy atom. The van der Waals surface area contributed by atoms with Crippen molar-refractivity contribution in [2.24, 2.45) is 0 Å². The highest BCUT2D eigenvalue weighted by molar-refractivity contribution is 6.56. The van der Waals surface area contributed by atoms with Gasteiger partial charge in [0.1, 0.15) is 5.82 Å². The molecule has 0 aliphatic heterocycles. The molecule has 0 spiro atoms. The summed E-state index contributed by atoms with van der Waals surface area (Å²) in [6, 6.07) is 4.37. The third-order valence-corrected chi connectivity index (χ3v) is 5.25. The van der Waals surface area contributed by atoms with Crippen LogP contribution in [0.5, 0.6) is 0 Å². The standard InChI is InChI=1S/C13H5Cl6F/c14-4-5-1-2-7(20)6(3-5)8-9(15)11(17)13(19)12(18)10(8)16/h1-3H,4H2. The van der Waals surface area contributed by atoms with E-state index >= 15 is 0 Å². The van der Waals surface area contributed by atoms with Gasteiger partial charge in [0, 0.05) is 17.0 Å². The zero-order valence-electron chi connectivity index (χ0n) is 9.58. The highest BCUT2D eigenvalue weighted by Crippen LogP contribution is 2.48. The van der Waals surface area contributed by atoms with E-state index in [2.05, 4.69) is 0 Å². The topological polar surface area (TPSA) is 0 Å². The minimum absolute atomic E-state index is 0.0217. The van der Waals surface area contributed by atoms with Gasteiger partial charge in [-0.1, -0.05) is 64.1 Å². The van der Waals surface area contributed by atoms with Gasteiger partial charge < -0.3 is 0 Å². The molecule has 0 fully saturated rings. The number of hydrogen-bond acceptors (Lipinski definition) is 0. The summed E-state index contributed by atoms with van der Waals surface area (Å²) < 4.78 is 14.0. The van der Waals surface area contributed by atoms with E-state index in [4.69, 9.17) is 69.6 Å². The van der Waals surface area contributed by atoms with Crippen LogP contribution in [-0.4, -0.2) is 0 Å². The van der Waals surface area contributed by atoms with E-state index in [0.29, 0.717) is 5.56 Å². The summed E-state index contributed by atoms with van der Waals surface area (Å²) in [4.78, 5) is 0. The highest BCUT2D eigenvalue weighted by atomic mass is 35.5. The number of hydrogen-bond donors (Lipinski definition) is 0. The molecule has 0 aliphatic rings. The minimum Gasteiger partial charge on any atom is -0.206 e. The van der Waals surface area contributed by atoms with E-state index in [9.17, 15) is 4.39 Å². The fourth-order valence-corrected chi connectivity index (χ4v) is 3.20. The summed E-state index contributed by atoms with van der Waals surface area (Å²) in [5.74, 6) is -0.297. The van der Waals surface area contributed by atoms with Crippen molar-refractivity contribution in [3.63, 3.8) is 0 Å². The van der Waals surface area contributed by atoms with Gasteiger partial charge in [0.05, 0.1) is 25.1 Å². The van der Waals surface area contributed by atoms with E-state index < -0.39 is 5.82 Å². The van der Waals surface area contributed by atoms with Crippen molar-refractivity contribution >= 4 is 69.6 Å². The van der Waals surface area contributed by atoms with Crippen LogP contribution < -0.4 is 0 Å². The second kappa shape index (κ2) is 6.48. The maximum absolute atomic E-state index is 14.0. The van der Waals surface area contributed by atoms with Gasteiger partial charge >= 0.3 is 0 Å². The first kappa shape index (κ1) is 16.5. The normalized spacial score (nSPS) is 10.9. The summed E-state index contributed by atoms with van der Waals surface area (Å²) in [5.41, 5.74) is 1.06. The molecule has 0 nitrogen and oxygen atoms in total. The highest BCUT2D eigenvalue weighted by Gasteiger charge is 2.22. The van der Waals surface area contributed by atoms with Crippen molar-refractivity contribution in [3.05, 3.63) is 54.7 Å². The van der Waals surface area contributed by atoms with E-state index in [-0.39, 0.29) is 42.1 Å². The lowest BCUT2D eigenvalue weighted by Gasteiger charge is -2.14. The monoisotopic (exact) mass is 390 g/mol. The summed E-state index contributed by atoms with van der Waals surface area (Å²) in [6.45, 7) is 0. The van der Waals surface area contributed by atoms with Crippen LogP contribution in [0.4, 0.5) is 4.39 Å². The Kier molecular flexibility index (Phi) is 5.34. The maximum Gasteiger partial charge on any atom is 0.131 e. The molecule has 0 saturated carbocycles. The van der Waals surface area contributed by atoms with Crippen LogP contribution in [-0.2, 0) is 5.88 Å². The first-order valence-electron chi connectivity index (χ1n) is 5.24. The van der Waals surface area contributed by atoms with Crippen molar-refractivity contribution in [2.45, 2.75) is 5.88 Å². The Morgan fingerprint density at radius 3 is 1.80 bits per heavy atom. The molecule has 0 bridgehead atoms. The summed E-state index contributed by atoms with van der Waals surface area (Å²) in [7, 11) is 0. The predicted octanol–water partition coefficient (Wildman–Crippen LogP) is 7.50. The molecule has 0 saturated heterocycles. The quantitative estimate of drug-likeness (QED) is 0.282. The molecular weight excluding hydrogens is 388 g/mol. The molecule has 20 heavy (non-hydrogen) atoms. The second-order valence-corrected chi connectivity index (χ2v) is 6.05. The van der Waals surface area contributed by atoms with Gasteiger partial charge in [-0.15, -0.1) is 11.6 Å². The van der Waals surface area contributed by atoms with Crippen LogP contribution in [0.3, 0.4) is 0 Å². The summed E-state index contributed by atoms with van der Waals surface area (Å²) in [6.07, 6.45) is 0. The smallest absolute Gasteiger partial charge is 0.131 e. The van der Waals surface area contributed by atoms with Crippen LogP contribution in [0.2, 0.25) is 25.1 Å². The summed E-state index contributed by atoms with van der Waals surface area (Å²) >= 11 is 35.8. The van der Waals surface area contributed by atoms with Crippen LogP contribution >= 0.6 is 69.6 Å². The Bertz CT molecular complexity index is 654. The first-order chi connectivity index (χ1) is 9.38. The van der Waals surface area contributed by atoms with Crippen LogP contribution in [0.25, 0.3) is 11.1 Å². The molecule has 2 rings (SSSR count). The third kappa shape index (κ3) is 2.85. The van der Waals surface area contributed by atoms with Crippen molar-refractivity contribution in [1.29, 1.82) is 0 Å². The van der Waals surface area contributed by atoms with Crippen LogP contribution in [0, 0.1) is 5.82 Å². The van der Waals surface area contributed by atoms with Crippen LogP contribution in [0.1, 0.15) is 5.56 Å². The molecule has 0 atom stereocenters. The van der Waals surface area contributed by atoms with Crippen molar-refractivity contribution < 1.29 is 4.39 Å². The molecule has 7 heteroatoms. The molecular formula is C13H5Cl6F. The Morgan fingerprint density at radius 1 is 0.800 bits per heavy atom.